The van der Waals surface area contributed by atoms with E-state index in [1.54, 1.807) is 24.3 Å². The maximum Gasteiger partial charge on any atom is 0.417 e. The lowest BCUT2D eigenvalue weighted by Gasteiger charge is -2.12. The summed E-state index contributed by atoms with van der Waals surface area (Å²) in [7, 11) is 0. The van der Waals surface area contributed by atoms with Gasteiger partial charge in [-0.25, -0.2) is 9.18 Å². The molecule has 9 heteroatoms. The number of hydrogen-bond donors (Lipinski definition) is 1. The summed E-state index contributed by atoms with van der Waals surface area (Å²) in [6.45, 7) is 0. The van der Waals surface area contributed by atoms with Gasteiger partial charge in [-0.15, -0.1) is 0 Å². The summed E-state index contributed by atoms with van der Waals surface area (Å²) in [5.74, 6) is -0.753. The van der Waals surface area contributed by atoms with Crippen LogP contribution in [0.1, 0.15) is 0 Å². The number of ether oxygens (including phenoxy) is 1. The molecule has 26 heavy (non-hydrogen) atoms. The number of nitro benzene ring substituents is 1. The molecule has 0 fully saturated rings. The van der Waals surface area contributed by atoms with Crippen molar-refractivity contribution in [3.05, 3.63) is 74.5 Å². The van der Waals surface area contributed by atoms with Crippen LogP contribution < -0.4 is 10.1 Å². The highest BCUT2D eigenvalue weighted by Crippen LogP contribution is 2.38. The first-order chi connectivity index (χ1) is 12.4. The van der Waals surface area contributed by atoms with E-state index in [9.17, 15) is 19.3 Å². The number of carbonyl (C=O) groups excluding carboxylic acids is 1. The van der Waals surface area contributed by atoms with E-state index in [-0.39, 0.29) is 16.5 Å². The second kappa shape index (κ2) is 7.15. The van der Waals surface area contributed by atoms with E-state index in [1.807, 2.05) is 0 Å². The molecule has 0 aromatic heterocycles. The number of nitrogens with one attached hydrogen (secondary N) is 1. The number of nitro groups is 1. The van der Waals surface area contributed by atoms with Gasteiger partial charge in [-0.2, -0.15) is 0 Å². The van der Waals surface area contributed by atoms with Crippen molar-refractivity contribution >= 4 is 51.4 Å². The molecule has 0 aliphatic carbocycles. The Kier molecular flexibility index (Phi) is 4.92. The van der Waals surface area contributed by atoms with Crippen LogP contribution in [0.4, 0.5) is 20.6 Å². The molecular formula is C17H9Cl2FN2O4. The van der Waals surface area contributed by atoms with E-state index in [0.29, 0.717) is 21.9 Å². The monoisotopic (exact) mass is 394 g/mol. The summed E-state index contributed by atoms with van der Waals surface area (Å²) in [5.41, 5.74) is -0.815. The summed E-state index contributed by atoms with van der Waals surface area (Å²) in [6, 6.07) is 11.0. The summed E-state index contributed by atoms with van der Waals surface area (Å²) in [6.07, 6.45) is -1.02. The van der Waals surface area contributed by atoms with Gasteiger partial charge in [0.05, 0.1) is 21.0 Å². The van der Waals surface area contributed by atoms with Crippen LogP contribution in [0.2, 0.25) is 10.0 Å². The van der Waals surface area contributed by atoms with E-state index in [4.69, 9.17) is 27.9 Å². The van der Waals surface area contributed by atoms with Gasteiger partial charge in [0.1, 0.15) is 11.5 Å². The molecule has 0 heterocycles. The number of amides is 1. The number of nitrogens with zero attached hydrogens (tertiary/aromatic N) is 1. The van der Waals surface area contributed by atoms with Gasteiger partial charge < -0.3 is 4.74 Å². The van der Waals surface area contributed by atoms with Crippen LogP contribution in [0.15, 0.2) is 48.5 Å². The summed E-state index contributed by atoms with van der Waals surface area (Å²) < 4.78 is 18.4. The molecule has 3 aromatic carbocycles. The first-order valence-corrected chi connectivity index (χ1v) is 7.92. The first kappa shape index (κ1) is 17.9. The number of halogens is 3. The summed E-state index contributed by atoms with van der Waals surface area (Å²) in [5, 5.41) is 14.8. The third-order valence-corrected chi connectivity index (χ3v) is 4.08. The van der Waals surface area contributed by atoms with Crippen molar-refractivity contribution in [2.75, 3.05) is 5.32 Å². The fraction of sp³-hybridized carbons (Fsp3) is 0. The minimum atomic E-state index is -1.02. The second-order valence-electron chi connectivity index (χ2n) is 5.15. The van der Waals surface area contributed by atoms with Crippen LogP contribution in [0.5, 0.6) is 5.75 Å². The smallest absolute Gasteiger partial charge is 0.408 e. The molecule has 0 saturated carbocycles. The number of carbonyl (C=O) groups is 1. The maximum atomic E-state index is 13.2. The Hall–Kier alpha value is -2.90. The molecule has 1 N–H and O–H groups in total. The number of fused-ring (bicyclic) bond motifs is 1. The highest BCUT2D eigenvalue weighted by atomic mass is 35.5. The predicted molar refractivity (Wildman–Crippen MR) is 96.7 cm³/mol. The molecule has 132 valence electrons. The molecule has 6 nitrogen and oxygen atoms in total. The molecule has 0 atom stereocenters. The Morgan fingerprint density at radius 1 is 1.08 bits per heavy atom. The van der Waals surface area contributed by atoms with Gasteiger partial charge in [0.25, 0.3) is 5.69 Å². The quantitative estimate of drug-likeness (QED) is 0.449. The minimum Gasteiger partial charge on any atom is -0.408 e. The van der Waals surface area contributed by atoms with Crippen molar-refractivity contribution in [2.24, 2.45) is 0 Å². The first-order valence-electron chi connectivity index (χ1n) is 7.16. The van der Waals surface area contributed by atoms with Crippen molar-refractivity contribution in [3.8, 4) is 5.75 Å². The normalized spacial score (nSPS) is 10.6. The Morgan fingerprint density at radius 3 is 2.46 bits per heavy atom. The van der Waals surface area contributed by atoms with Gasteiger partial charge in [-0.1, -0.05) is 47.5 Å². The van der Waals surface area contributed by atoms with Gasteiger partial charge in [-0.3, -0.25) is 15.4 Å². The zero-order valence-electron chi connectivity index (χ0n) is 12.8. The van der Waals surface area contributed by atoms with Crippen LogP contribution in [-0.2, 0) is 0 Å². The van der Waals surface area contributed by atoms with Crippen LogP contribution in [0.25, 0.3) is 10.8 Å². The molecule has 0 unspecified atom stereocenters. The van der Waals surface area contributed by atoms with Crippen molar-refractivity contribution in [3.63, 3.8) is 0 Å². The van der Waals surface area contributed by atoms with E-state index < -0.39 is 22.5 Å². The zero-order chi connectivity index (χ0) is 18.8. The molecule has 0 aliphatic heterocycles. The summed E-state index contributed by atoms with van der Waals surface area (Å²) in [4.78, 5) is 22.4. The average molecular weight is 395 g/mol. The molecule has 3 rings (SSSR count). The molecule has 0 radical (unpaired) electrons. The molecule has 0 spiro atoms. The third-order valence-electron chi connectivity index (χ3n) is 3.49. The molecular weight excluding hydrogens is 386 g/mol. The van der Waals surface area contributed by atoms with Gasteiger partial charge in [0, 0.05) is 10.8 Å². The fourth-order valence-corrected chi connectivity index (χ4v) is 2.95. The fourth-order valence-electron chi connectivity index (χ4n) is 2.37. The Labute approximate surface area is 156 Å². The van der Waals surface area contributed by atoms with Crippen LogP contribution >= 0.6 is 23.2 Å². The number of benzene rings is 3. The minimum absolute atomic E-state index is 0.0499. The Bertz CT molecular complexity index is 1040. The van der Waals surface area contributed by atoms with Gasteiger partial charge in [-0.05, 0) is 18.2 Å². The number of rotatable bonds is 3. The highest BCUT2D eigenvalue weighted by Gasteiger charge is 2.20. The van der Waals surface area contributed by atoms with Crippen molar-refractivity contribution in [1.82, 2.24) is 0 Å². The zero-order valence-corrected chi connectivity index (χ0v) is 14.3. The van der Waals surface area contributed by atoms with E-state index >= 15 is 0 Å². The summed E-state index contributed by atoms with van der Waals surface area (Å²) >= 11 is 12.2. The van der Waals surface area contributed by atoms with Gasteiger partial charge in [0.15, 0.2) is 5.75 Å². The topological polar surface area (TPSA) is 81.5 Å². The largest absolute Gasteiger partial charge is 0.417 e. The van der Waals surface area contributed by atoms with Gasteiger partial charge in [0.2, 0.25) is 0 Å². The van der Waals surface area contributed by atoms with Crippen LogP contribution in [0.3, 0.4) is 0 Å². The molecule has 1 amide bonds. The maximum absolute atomic E-state index is 13.2. The Morgan fingerprint density at radius 2 is 1.77 bits per heavy atom. The number of anilines is 1. The lowest BCUT2D eigenvalue weighted by Crippen LogP contribution is -2.18. The van der Waals surface area contributed by atoms with Gasteiger partial charge >= 0.3 is 6.09 Å². The lowest BCUT2D eigenvalue weighted by molar-refractivity contribution is -0.384. The molecule has 0 saturated heterocycles. The molecule has 3 aromatic rings. The van der Waals surface area contributed by atoms with Crippen molar-refractivity contribution in [2.45, 2.75) is 0 Å². The Balaban J connectivity index is 1.93. The van der Waals surface area contributed by atoms with E-state index in [0.717, 1.165) is 12.1 Å². The molecule has 0 aliphatic rings. The number of hydrogen-bond acceptors (Lipinski definition) is 4. The van der Waals surface area contributed by atoms with Crippen molar-refractivity contribution in [1.29, 1.82) is 0 Å². The average Bonchev–Trinajstić information content (AvgIpc) is 2.60. The van der Waals surface area contributed by atoms with Crippen molar-refractivity contribution < 1.29 is 18.8 Å². The van der Waals surface area contributed by atoms with E-state index in [2.05, 4.69) is 5.32 Å². The standard InChI is InChI=1S/C17H9Cl2FN2O4/c18-12-8-13(19)16(11-4-2-1-3-10(11)12)26-17(23)21-14-6-5-9(20)7-15(14)22(24)25/h1-8H,(H,21,23). The highest BCUT2D eigenvalue weighted by molar-refractivity contribution is 6.40. The lowest BCUT2D eigenvalue weighted by atomic mass is 10.1. The SMILES string of the molecule is O=C(Nc1ccc(F)cc1[N+](=O)[O-])Oc1c(Cl)cc(Cl)c2ccccc12. The van der Waals surface area contributed by atoms with Crippen LogP contribution in [-0.4, -0.2) is 11.0 Å². The molecule has 0 bridgehead atoms. The van der Waals surface area contributed by atoms with E-state index in [1.165, 1.54) is 6.07 Å². The van der Waals surface area contributed by atoms with Crippen LogP contribution in [0, 0.1) is 15.9 Å². The second-order valence-corrected chi connectivity index (χ2v) is 5.96. The third kappa shape index (κ3) is 3.54. The predicted octanol–water partition coefficient (Wildman–Crippen LogP) is 5.80.